The molecule has 12 heteroatoms. The van der Waals surface area contributed by atoms with Crippen molar-refractivity contribution in [3.63, 3.8) is 0 Å². The van der Waals surface area contributed by atoms with Crippen LogP contribution in [0.3, 0.4) is 0 Å². The average Bonchev–Trinajstić information content (AvgIpc) is 3.21. The number of aryl methyl sites for hydroxylation is 2. The number of amides is 2. The van der Waals surface area contributed by atoms with E-state index in [1.165, 1.54) is 16.9 Å². The largest absolute Gasteiger partial charge is 0.346 e. The highest BCUT2D eigenvalue weighted by Gasteiger charge is 2.16. The Kier molecular flexibility index (Phi) is 7.70. The molecule has 168 valence electrons. The molecular weight excluding hydrogens is 463 g/mol. The summed E-state index contributed by atoms with van der Waals surface area (Å²) in [4.78, 5) is 23.8. The Morgan fingerprint density at radius 2 is 1.78 bits per heavy atom. The van der Waals surface area contributed by atoms with Crippen molar-refractivity contribution in [3.05, 3.63) is 58.9 Å². The van der Waals surface area contributed by atoms with E-state index in [0.29, 0.717) is 15.5 Å². The SMILES string of the molecule is Cc1ccc(Nc2nnc(SCC(=O)NCC(=O)Nc3ccc(F)c(F)c3F)s2)cc1C. The van der Waals surface area contributed by atoms with Crippen LogP contribution in [0.15, 0.2) is 34.7 Å². The number of rotatable bonds is 8. The minimum absolute atomic E-state index is 0.0227. The second-order valence-electron chi connectivity index (χ2n) is 6.63. The Balaban J connectivity index is 1.43. The van der Waals surface area contributed by atoms with Gasteiger partial charge in [0.15, 0.2) is 21.8 Å². The van der Waals surface area contributed by atoms with Crippen molar-refractivity contribution in [2.45, 2.75) is 18.2 Å². The number of nitrogens with one attached hydrogen (secondary N) is 3. The molecule has 32 heavy (non-hydrogen) atoms. The lowest BCUT2D eigenvalue weighted by atomic mass is 10.1. The van der Waals surface area contributed by atoms with Gasteiger partial charge in [-0.15, -0.1) is 10.2 Å². The van der Waals surface area contributed by atoms with Crippen molar-refractivity contribution >= 4 is 51.4 Å². The molecule has 3 aromatic rings. The number of halogens is 3. The van der Waals surface area contributed by atoms with E-state index in [1.54, 1.807) is 0 Å². The molecule has 0 spiro atoms. The summed E-state index contributed by atoms with van der Waals surface area (Å²) in [5, 5.41) is 16.2. The van der Waals surface area contributed by atoms with Gasteiger partial charge < -0.3 is 16.0 Å². The van der Waals surface area contributed by atoms with Crippen LogP contribution in [0.5, 0.6) is 0 Å². The Morgan fingerprint density at radius 3 is 2.53 bits per heavy atom. The van der Waals surface area contributed by atoms with Crippen molar-refractivity contribution in [2.24, 2.45) is 0 Å². The normalized spacial score (nSPS) is 10.7. The number of carbonyl (C=O) groups is 2. The third-order valence-corrected chi connectivity index (χ3v) is 6.22. The monoisotopic (exact) mass is 481 g/mol. The van der Waals surface area contributed by atoms with Gasteiger partial charge in [-0.1, -0.05) is 29.2 Å². The summed E-state index contributed by atoms with van der Waals surface area (Å²) in [5.41, 5.74) is 2.68. The molecule has 0 aliphatic rings. The van der Waals surface area contributed by atoms with E-state index in [1.807, 2.05) is 32.0 Å². The molecule has 0 saturated heterocycles. The van der Waals surface area contributed by atoms with E-state index in [2.05, 4.69) is 26.1 Å². The summed E-state index contributed by atoms with van der Waals surface area (Å²) >= 11 is 2.41. The van der Waals surface area contributed by atoms with Crippen LogP contribution < -0.4 is 16.0 Å². The second-order valence-corrected chi connectivity index (χ2v) is 8.83. The van der Waals surface area contributed by atoms with Crippen LogP contribution in [0.2, 0.25) is 0 Å². The molecule has 0 saturated carbocycles. The summed E-state index contributed by atoms with van der Waals surface area (Å²) in [7, 11) is 0. The van der Waals surface area contributed by atoms with Crippen LogP contribution in [0.4, 0.5) is 29.7 Å². The van der Waals surface area contributed by atoms with Gasteiger partial charge in [0.2, 0.25) is 16.9 Å². The minimum Gasteiger partial charge on any atom is -0.346 e. The van der Waals surface area contributed by atoms with E-state index < -0.39 is 41.5 Å². The molecule has 2 amide bonds. The van der Waals surface area contributed by atoms with E-state index in [4.69, 9.17) is 0 Å². The van der Waals surface area contributed by atoms with Gasteiger partial charge in [-0.25, -0.2) is 13.2 Å². The maximum absolute atomic E-state index is 13.6. The number of thioether (sulfide) groups is 1. The second kappa shape index (κ2) is 10.5. The predicted octanol–water partition coefficient (Wildman–Crippen LogP) is 4.16. The fraction of sp³-hybridized carbons (Fsp3) is 0.200. The van der Waals surface area contributed by atoms with Crippen LogP contribution in [-0.2, 0) is 9.59 Å². The van der Waals surface area contributed by atoms with E-state index >= 15 is 0 Å². The molecule has 3 N–H and O–H groups in total. The third-order valence-electron chi connectivity index (χ3n) is 4.25. The van der Waals surface area contributed by atoms with Crippen LogP contribution in [0.25, 0.3) is 0 Å². The molecule has 3 rings (SSSR count). The van der Waals surface area contributed by atoms with Crippen molar-refractivity contribution < 1.29 is 22.8 Å². The molecule has 0 unspecified atom stereocenters. The Bertz CT molecular complexity index is 1160. The quantitative estimate of drug-likeness (QED) is 0.330. The summed E-state index contributed by atoms with van der Waals surface area (Å²) in [5.74, 6) is -5.84. The third kappa shape index (κ3) is 6.20. The molecule has 0 atom stereocenters. The first-order valence-electron chi connectivity index (χ1n) is 9.23. The smallest absolute Gasteiger partial charge is 0.243 e. The highest BCUT2D eigenvalue weighted by molar-refractivity contribution is 8.01. The maximum atomic E-state index is 13.6. The van der Waals surface area contributed by atoms with Crippen LogP contribution >= 0.6 is 23.1 Å². The minimum atomic E-state index is -1.69. The predicted molar refractivity (Wildman–Crippen MR) is 118 cm³/mol. The van der Waals surface area contributed by atoms with Crippen LogP contribution in [0, 0.1) is 31.3 Å². The maximum Gasteiger partial charge on any atom is 0.243 e. The lowest BCUT2D eigenvalue weighted by molar-refractivity contribution is -0.122. The van der Waals surface area contributed by atoms with Gasteiger partial charge in [0.05, 0.1) is 18.0 Å². The zero-order valence-electron chi connectivity index (χ0n) is 17.0. The molecule has 1 aromatic heterocycles. The number of nitrogens with zero attached hydrogens (tertiary/aromatic N) is 2. The Morgan fingerprint density at radius 1 is 1.00 bits per heavy atom. The summed E-state index contributed by atoms with van der Waals surface area (Å²) in [6, 6.07) is 7.50. The molecule has 2 aromatic carbocycles. The topological polar surface area (TPSA) is 96.0 Å². The first kappa shape index (κ1) is 23.5. The molecule has 0 aliphatic carbocycles. The van der Waals surface area contributed by atoms with Gasteiger partial charge in [-0.05, 0) is 49.2 Å². The molecular formula is C20H18F3N5O2S2. The first-order valence-corrected chi connectivity index (χ1v) is 11.0. The molecule has 0 aliphatic heterocycles. The van der Waals surface area contributed by atoms with Gasteiger partial charge in [-0.2, -0.15) is 0 Å². The Hall–Kier alpha value is -3.12. The summed E-state index contributed by atoms with van der Waals surface area (Å²) < 4.78 is 40.2. The lowest BCUT2D eigenvalue weighted by Crippen LogP contribution is -2.34. The van der Waals surface area contributed by atoms with Crippen molar-refractivity contribution in [1.82, 2.24) is 15.5 Å². The fourth-order valence-corrected chi connectivity index (χ4v) is 4.04. The number of aromatic nitrogens is 2. The van der Waals surface area contributed by atoms with Gasteiger partial charge in [-0.3, -0.25) is 9.59 Å². The number of anilines is 3. The number of benzene rings is 2. The van der Waals surface area contributed by atoms with E-state index in [0.717, 1.165) is 29.1 Å². The molecule has 0 fully saturated rings. The standard InChI is InChI=1S/C20H18F3N5O2S2/c1-10-3-4-12(7-11(10)2)25-19-27-28-20(32-19)31-9-16(30)24-8-15(29)26-14-6-5-13(21)17(22)18(14)23/h3-7H,8-9H2,1-2H3,(H,24,30)(H,25,27)(H,26,29). The molecule has 7 nitrogen and oxygen atoms in total. The van der Waals surface area contributed by atoms with Crippen LogP contribution in [0.1, 0.15) is 11.1 Å². The van der Waals surface area contributed by atoms with E-state index in [-0.39, 0.29) is 5.75 Å². The van der Waals surface area contributed by atoms with Crippen molar-refractivity contribution in [2.75, 3.05) is 22.9 Å². The van der Waals surface area contributed by atoms with Gasteiger partial charge in [0.25, 0.3) is 0 Å². The zero-order chi connectivity index (χ0) is 23.3. The lowest BCUT2D eigenvalue weighted by Gasteiger charge is -2.08. The summed E-state index contributed by atoms with van der Waals surface area (Å²) in [6.07, 6.45) is 0. The number of hydrogen-bond acceptors (Lipinski definition) is 7. The van der Waals surface area contributed by atoms with Crippen molar-refractivity contribution in [1.29, 1.82) is 0 Å². The van der Waals surface area contributed by atoms with Gasteiger partial charge >= 0.3 is 0 Å². The highest BCUT2D eigenvalue weighted by Crippen LogP contribution is 2.28. The average molecular weight is 482 g/mol. The molecule has 1 heterocycles. The zero-order valence-corrected chi connectivity index (χ0v) is 18.6. The van der Waals surface area contributed by atoms with E-state index in [9.17, 15) is 22.8 Å². The number of carbonyl (C=O) groups excluding carboxylic acids is 2. The fourth-order valence-electron chi connectivity index (χ4n) is 2.44. The first-order chi connectivity index (χ1) is 15.2. The highest BCUT2D eigenvalue weighted by atomic mass is 32.2. The molecule has 0 bridgehead atoms. The van der Waals surface area contributed by atoms with Crippen molar-refractivity contribution in [3.8, 4) is 0 Å². The Labute approximate surface area is 189 Å². The van der Waals surface area contributed by atoms with Gasteiger partial charge in [0.1, 0.15) is 0 Å². The molecule has 0 radical (unpaired) electrons. The number of hydrogen-bond donors (Lipinski definition) is 3. The van der Waals surface area contributed by atoms with Gasteiger partial charge in [0, 0.05) is 5.69 Å². The van der Waals surface area contributed by atoms with Crippen LogP contribution in [-0.4, -0.2) is 34.3 Å². The summed E-state index contributed by atoms with van der Waals surface area (Å²) in [6.45, 7) is 3.57.